The third-order valence-corrected chi connectivity index (χ3v) is 3.12. The van der Waals surface area contributed by atoms with Gasteiger partial charge in [0.15, 0.2) is 0 Å². The predicted octanol–water partition coefficient (Wildman–Crippen LogP) is 2.62. The molecule has 1 rings (SSSR count). The summed E-state index contributed by atoms with van der Waals surface area (Å²) in [5.74, 6) is 0. The number of hydrogen-bond acceptors (Lipinski definition) is 2. The minimum absolute atomic E-state index is 0.898. The summed E-state index contributed by atoms with van der Waals surface area (Å²) >= 11 is 0. The highest BCUT2D eigenvalue weighted by Crippen LogP contribution is 2.29. The Hall–Kier alpha value is -1.33. The van der Waals surface area contributed by atoms with Crippen LogP contribution in [-0.2, 0) is 5.54 Å². The molecule has 80 valence electrons. The smallest absolute Gasteiger partial charge is 0.127 e. The summed E-state index contributed by atoms with van der Waals surface area (Å²) in [5.41, 5.74) is 10.7. The van der Waals surface area contributed by atoms with Crippen LogP contribution in [0, 0.1) is 39.0 Å². The summed E-state index contributed by atoms with van der Waals surface area (Å²) in [5, 5.41) is 9.10. The third kappa shape index (κ3) is 1.88. The average molecular weight is 202 g/mol. The lowest BCUT2D eigenvalue weighted by molar-refractivity contribution is 0.635. The molecule has 1 unspecified atom stereocenters. The van der Waals surface area contributed by atoms with Gasteiger partial charge in [0.1, 0.15) is 5.54 Å². The van der Waals surface area contributed by atoms with Crippen LogP contribution in [0.25, 0.3) is 0 Å². The second kappa shape index (κ2) is 3.67. The van der Waals surface area contributed by atoms with E-state index in [2.05, 4.69) is 26.0 Å². The maximum atomic E-state index is 9.10. The Kier molecular flexibility index (Phi) is 2.88. The molecule has 0 aliphatic heterocycles. The minimum Gasteiger partial charge on any atom is -0.310 e. The van der Waals surface area contributed by atoms with Crippen molar-refractivity contribution in [2.24, 2.45) is 5.73 Å². The van der Waals surface area contributed by atoms with Crippen molar-refractivity contribution >= 4 is 0 Å². The van der Waals surface area contributed by atoms with Crippen molar-refractivity contribution in [3.63, 3.8) is 0 Å². The van der Waals surface area contributed by atoms with Gasteiger partial charge in [-0.25, -0.2) is 0 Å². The van der Waals surface area contributed by atoms with Crippen LogP contribution in [0.15, 0.2) is 6.07 Å². The van der Waals surface area contributed by atoms with E-state index in [1.165, 1.54) is 11.1 Å². The van der Waals surface area contributed by atoms with E-state index in [0.29, 0.717) is 0 Å². The van der Waals surface area contributed by atoms with Crippen molar-refractivity contribution < 1.29 is 0 Å². The molecule has 1 aromatic rings. The first kappa shape index (κ1) is 11.7. The van der Waals surface area contributed by atoms with E-state index in [-0.39, 0.29) is 0 Å². The lowest BCUT2D eigenvalue weighted by Gasteiger charge is -2.24. The number of hydrogen-bond donors (Lipinski definition) is 1. The summed E-state index contributed by atoms with van der Waals surface area (Å²) in [7, 11) is 0. The molecule has 0 bridgehead atoms. The van der Waals surface area contributed by atoms with E-state index in [1.54, 1.807) is 6.92 Å². The van der Waals surface area contributed by atoms with Crippen LogP contribution >= 0.6 is 0 Å². The molecule has 0 aliphatic carbocycles. The van der Waals surface area contributed by atoms with Gasteiger partial charge in [0.05, 0.1) is 6.07 Å². The molecule has 0 radical (unpaired) electrons. The highest BCUT2D eigenvalue weighted by molar-refractivity contribution is 5.49. The molecule has 0 saturated carbocycles. The quantitative estimate of drug-likeness (QED) is 0.761. The molecule has 0 saturated heterocycles. The lowest BCUT2D eigenvalue weighted by Crippen LogP contribution is -2.33. The van der Waals surface area contributed by atoms with E-state index in [9.17, 15) is 0 Å². The van der Waals surface area contributed by atoms with Gasteiger partial charge in [-0.05, 0) is 62.4 Å². The Morgan fingerprint density at radius 3 is 1.87 bits per heavy atom. The molecule has 1 atom stereocenters. The molecule has 2 heteroatoms. The molecule has 2 nitrogen and oxygen atoms in total. The molecular formula is C13H18N2. The summed E-state index contributed by atoms with van der Waals surface area (Å²) in [6.45, 7) is 9.93. The van der Waals surface area contributed by atoms with Gasteiger partial charge < -0.3 is 5.73 Å². The van der Waals surface area contributed by atoms with Gasteiger partial charge in [0, 0.05) is 0 Å². The van der Waals surface area contributed by atoms with Gasteiger partial charge in [-0.1, -0.05) is 6.07 Å². The molecule has 0 spiro atoms. The van der Waals surface area contributed by atoms with Crippen LogP contribution in [0.1, 0.15) is 34.7 Å². The van der Waals surface area contributed by atoms with E-state index < -0.39 is 5.54 Å². The fourth-order valence-electron chi connectivity index (χ4n) is 2.05. The summed E-state index contributed by atoms with van der Waals surface area (Å²) in [4.78, 5) is 0. The first-order valence-corrected chi connectivity index (χ1v) is 5.09. The topological polar surface area (TPSA) is 49.8 Å². The van der Waals surface area contributed by atoms with Gasteiger partial charge in [0.25, 0.3) is 0 Å². The summed E-state index contributed by atoms with van der Waals surface area (Å²) in [6, 6.07) is 4.31. The number of benzene rings is 1. The number of nitrogens with zero attached hydrogens (tertiary/aromatic N) is 1. The second-order valence-corrected chi connectivity index (χ2v) is 4.45. The predicted molar refractivity (Wildman–Crippen MR) is 62.5 cm³/mol. The Labute approximate surface area is 91.7 Å². The molecule has 2 N–H and O–H groups in total. The number of rotatable bonds is 1. The summed E-state index contributed by atoms with van der Waals surface area (Å²) < 4.78 is 0. The zero-order valence-corrected chi connectivity index (χ0v) is 10.1. The van der Waals surface area contributed by atoms with E-state index in [4.69, 9.17) is 11.0 Å². The standard InChI is InChI=1S/C13H18N2/c1-8-6-9(2)11(4)12(10(8)3)13(5,15)7-14/h6H,15H2,1-5H3. The monoisotopic (exact) mass is 202 g/mol. The maximum Gasteiger partial charge on any atom is 0.127 e. The van der Waals surface area contributed by atoms with Gasteiger partial charge in [0.2, 0.25) is 0 Å². The molecule has 0 aliphatic rings. The van der Waals surface area contributed by atoms with Crippen LogP contribution in [0.4, 0.5) is 0 Å². The lowest BCUT2D eigenvalue weighted by atomic mass is 9.83. The molecular weight excluding hydrogens is 184 g/mol. The number of aryl methyl sites for hydroxylation is 2. The Bertz CT molecular complexity index is 411. The molecule has 1 aromatic carbocycles. The van der Waals surface area contributed by atoms with Crippen molar-refractivity contribution in [3.8, 4) is 6.07 Å². The highest BCUT2D eigenvalue weighted by Gasteiger charge is 2.26. The molecule has 0 fully saturated rings. The van der Waals surface area contributed by atoms with Gasteiger partial charge in [-0.15, -0.1) is 0 Å². The van der Waals surface area contributed by atoms with Gasteiger partial charge in [-0.3, -0.25) is 0 Å². The third-order valence-electron chi connectivity index (χ3n) is 3.12. The van der Waals surface area contributed by atoms with Gasteiger partial charge in [-0.2, -0.15) is 5.26 Å². The fraction of sp³-hybridized carbons (Fsp3) is 0.462. The van der Waals surface area contributed by atoms with E-state index >= 15 is 0 Å². The molecule has 0 heterocycles. The van der Waals surface area contributed by atoms with Crippen molar-refractivity contribution in [1.82, 2.24) is 0 Å². The zero-order chi connectivity index (χ0) is 11.8. The first-order chi connectivity index (χ1) is 6.81. The Morgan fingerprint density at radius 2 is 1.53 bits per heavy atom. The highest BCUT2D eigenvalue weighted by atomic mass is 14.7. The van der Waals surface area contributed by atoms with Gasteiger partial charge >= 0.3 is 0 Å². The maximum absolute atomic E-state index is 9.10. The Balaban J connectivity index is 3.62. The van der Waals surface area contributed by atoms with Crippen molar-refractivity contribution in [1.29, 1.82) is 5.26 Å². The molecule has 0 aromatic heterocycles. The first-order valence-electron chi connectivity index (χ1n) is 5.09. The average Bonchev–Trinajstić information content (AvgIpc) is 2.15. The van der Waals surface area contributed by atoms with Crippen LogP contribution < -0.4 is 5.73 Å². The number of nitriles is 1. The second-order valence-electron chi connectivity index (χ2n) is 4.45. The normalized spacial score (nSPS) is 14.5. The fourth-order valence-corrected chi connectivity index (χ4v) is 2.05. The van der Waals surface area contributed by atoms with Crippen LogP contribution in [0.2, 0.25) is 0 Å². The number of nitrogens with two attached hydrogens (primary N) is 1. The van der Waals surface area contributed by atoms with Crippen LogP contribution in [0.3, 0.4) is 0 Å². The summed E-state index contributed by atoms with van der Waals surface area (Å²) in [6.07, 6.45) is 0. The van der Waals surface area contributed by atoms with Crippen molar-refractivity contribution in [2.75, 3.05) is 0 Å². The zero-order valence-electron chi connectivity index (χ0n) is 10.1. The minimum atomic E-state index is -0.898. The SMILES string of the molecule is Cc1cc(C)c(C)c(C(C)(N)C#N)c1C. The van der Waals surface area contributed by atoms with E-state index in [1.807, 2.05) is 13.8 Å². The molecule has 0 amide bonds. The van der Waals surface area contributed by atoms with Crippen molar-refractivity contribution in [2.45, 2.75) is 40.2 Å². The van der Waals surface area contributed by atoms with Crippen LogP contribution in [-0.4, -0.2) is 0 Å². The molecule has 15 heavy (non-hydrogen) atoms. The van der Waals surface area contributed by atoms with E-state index in [0.717, 1.165) is 16.7 Å². The van der Waals surface area contributed by atoms with Crippen molar-refractivity contribution in [3.05, 3.63) is 33.9 Å². The largest absolute Gasteiger partial charge is 0.310 e. The van der Waals surface area contributed by atoms with Crippen LogP contribution in [0.5, 0.6) is 0 Å². The Morgan fingerprint density at radius 1 is 1.13 bits per heavy atom.